The molecule has 148 valence electrons. The van der Waals surface area contributed by atoms with Crippen LogP contribution < -0.4 is 5.32 Å². The molecule has 1 aromatic rings. The fraction of sp³-hybridized carbons (Fsp3) is 0.842. The summed E-state index contributed by atoms with van der Waals surface area (Å²) in [6, 6.07) is 0. The van der Waals surface area contributed by atoms with Gasteiger partial charge in [0, 0.05) is 5.41 Å². The summed E-state index contributed by atoms with van der Waals surface area (Å²) in [5, 5.41) is 12.5. The smallest absolute Gasteiger partial charge is 0.241 e. The van der Waals surface area contributed by atoms with Crippen molar-refractivity contribution in [2.75, 3.05) is 11.1 Å². The van der Waals surface area contributed by atoms with Crippen molar-refractivity contribution in [2.45, 2.75) is 74.9 Å². The molecule has 1 heterocycles. The summed E-state index contributed by atoms with van der Waals surface area (Å²) in [6.07, 6.45) is 11.0. The number of nitrogens with zero attached hydrogens (tertiary/aromatic N) is 2. The van der Waals surface area contributed by atoms with E-state index in [1.54, 1.807) is 0 Å². The maximum Gasteiger partial charge on any atom is 0.241 e. The van der Waals surface area contributed by atoms with Gasteiger partial charge in [-0.2, -0.15) is 0 Å². The summed E-state index contributed by atoms with van der Waals surface area (Å²) in [5.74, 6) is 1.57. The minimum absolute atomic E-state index is 0.158. The van der Waals surface area contributed by atoms with Crippen LogP contribution in [0.5, 0.6) is 0 Å². The van der Waals surface area contributed by atoms with E-state index in [9.17, 15) is 13.2 Å². The molecule has 0 aliphatic heterocycles. The highest BCUT2D eigenvalue weighted by molar-refractivity contribution is 7.92. The molecule has 5 aliphatic carbocycles. The first-order chi connectivity index (χ1) is 12.9. The van der Waals surface area contributed by atoms with Crippen molar-refractivity contribution in [1.29, 1.82) is 0 Å². The van der Waals surface area contributed by atoms with E-state index >= 15 is 0 Å². The van der Waals surface area contributed by atoms with Crippen LogP contribution in [-0.4, -0.2) is 35.5 Å². The van der Waals surface area contributed by atoms with E-state index in [4.69, 9.17) is 0 Å². The molecule has 1 N–H and O–H groups in total. The highest BCUT2D eigenvalue weighted by Crippen LogP contribution is 2.61. The van der Waals surface area contributed by atoms with Crippen molar-refractivity contribution in [3.05, 3.63) is 5.01 Å². The predicted octanol–water partition coefficient (Wildman–Crippen LogP) is 3.30. The molecule has 5 fully saturated rings. The maximum absolute atomic E-state index is 12.4. The predicted molar refractivity (Wildman–Crippen MR) is 104 cm³/mol. The Morgan fingerprint density at radius 1 is 1.04 bits per heavy atom. The Kier molecular flexibility index (Phi) is 4.35. The number of anilines is 1. The van der Waals surface area contributed by atoms with Crippen molar-refractivity contribution in [3.8, 4) is 0 Å². The first kappa shape index (κ1) is 18.0. The van der Waals surface area contributed by atoms with Crippen LogP contribution in [0, 0.1) is 17.8 Å². The van der Waals surface area contributed by atoms with Crippen LogP contribution >= 0.6 is 11.3 Å². The number of hydrogen-bond donors (Lipinski definition) is 1. The van der Waals surface area contributed by atoms with Gasteiger partial charge in [-0.25, -0.2) is 8.42 Å². The Bertz CT molecular complexity index is 807. The molecule has 5 aliphatic rings. The molecule has 4 bridgehead atoms. The van der Waals surface area contributed by atoms with Gasteiger partial charge in [-0.1, -0.05) is 24.2 Å². The number of hydrogen-bond acceptors (Lipinski definition) is 6. The van der Waals surface area contributed by atoms with Crippen LogP contribution in [-0.2, 0) is 20.0 Å². The number of carbonyl (C=O) groups is 1. The first-order valence-corrected chi connectivity index (χ1v) is 12.8. The molecule has 0 radical (unpaired) electrons. The third kappa shape index (κ3) is 3.33. The Hall–Kier alpha value is -1.02. The second kappa shape index (κ2) is 6.51. The Labute approximate surface area is 164 Å². The Morgan fingerprint density at radius 3 is 2.22 bits per heavy atom. The highest BCUT2D eigenvalue weighted by atomic mass is 32.2. The van der Waals surface area contributed by atoms with Gasteiger partial charge < -0.3 is 0 Å². The summed E-state index contributed by atoms with van der Waals surface area (Å²) in [7, 11) is -3.36. The number of amides is 1. The minimum atomic E-state index is -3.36. The number of nitrogens with one attached hydrogen (secondary N) is 1. The molecule has 1 aromatic heterocycles. The van der Waals surface area contributed by atoms with E-state index in [2.05, 4.69) is 15.5 Å². The molecule has 1 amide bonds. The monoisotopic (exact) mass is 409 g/mol. The number of rotatable bonds is 5. The van der Waals surface area contributed by atoms with Gasteiger partial charge in [0.1, 0.15) is 10.8 Å². The fourth-order valence-electron chi connectivity index (χ4n) is 6.56. The average molecular weight is 410 g/mol. The van der Waals surface area contributed by atoms with Gasteiger partial charge in [0.2, 0.25) is 11.0 Å². The molecule has 5 saturated carbocycles. The standard InChI is InChI=1S/C19H27N3O3S2/c23-16(11-27(24,25)15-3-1-2-4-15)20-18-22-21-17(26-18)19-8-12-5-13(9-19)7-14(6-12)10-19/h12-15H,1-11H2,(H,20,22,23). The van der Waals surface area contributed by atoms with Crippen molar-refractivity contribution in [2.24, 2.45) is 17.8 Å². The fourth-order valence-corrected chi connectivity index (χ4v) is 9.27. The summed E-state index contributed by atoms with van der Waals surface area (Å²) in [4.78, 5) is 12.3. The SMILES string of the molecule is O=C(CS(=O)(=O)C1CCCC1)Nc1nnc(C23CC4CC(CC(C4)C2)C3)s1. The zero-order valence-electron chi connectivity index (χ0n) is 15.5. The molecule has 8 heteroatoms. The molecule has 0 unspecified atom stereocenters. The van der Waals surface area contributed by atoms with E-state index in [0.29, 0.717) is 18.0 Å². The molecule has 6 rings (SSSR count). The Morgan fingerprint density at radius 2 is 1.63 bits per heavy atom. The quantitative estimate of drug-likeness (QED) is 0.806. The average Bonchev–Trinajstić information content (AvgIpc) is 3.25. The van der Waals surface area contributed by atoms with Gasteiger partial charge in [-0.3, -0.25) is 10.1 Å². The van der Waals surface area contributed by atoms with Crippen LogP contribution in [0.1, 0.15) is 69.2 Å². The molecule has 0 atom stereocenters. The molecule has 27 heavy (non-hydrogen) atoms. The van der Waals surface area contributed by atoms with E-state index in [-0.39, 0.29) is 10.7 Å². The first-order valence-electron chi connectivity index (χ1n) is 10.3. The van der Waals surface area contributed by atoms with E-state index in [1.165, 1.54) is 49.9 Å². The van der Waals surface area contributed by atoms with Gasteiger partial charge in [0.15, 0.2) is 9.84 Å². The van der Waals surface area contributed by atoms with Crippen LogP contribution in [0.2, 0.25) is 0 Å². The Balaban J connectivity index is 1.27. The van der Waals surface area contributed by atoms with Gasteiger partial charge in [0.25, 0.3) is 0 Å². The van der Waals surface area contributed by atoms with Crippen LogP contribution in [0.15, 0.2) is 0 Å². The van der Waals surface area contributed by atoms with Gasteiger partial charge in [-0.05, 0) is 69.1 Å². The lowest BCUT2D eigenvalue weighted by Gasteiger charge is -2.55. The summed E-state index contributed by atoms with van der Waals surface area (Å²) in [6.45, 7) is 0. The van der Waals surface area contributed by atoms with E-state index in [0.717, 1.165) is 35.6 Å². The largest absolute Gasteiger partial charge is 0.300 e. The summed E-state index contributed by atoms with van der Waals surface area (Å²) in [5.41, 5.74) is 0.158. The van der Waals surface area contributed by atoms with E-state index in [1.807, 2.05) is 0 Å². The summed E-state index contributed by atoms with van der Waals surface area (Å²) < 4.78 is 24.7. The van der Waals surface area contributed by atoms with Crippen molar-refractivity contribution in [1.82, 2.24) is 10.2 Å². The van der Waals surface area contributed by atoms with Gasteiger partial charge >= 0.3 is 0 Å². The van der Waals surface area contributed by atoms with Gasteiger partial charge in [-0.15, -0.1) is 10.2 Å². The minimum Gasteiger partial charge on any atom is -0.300 e. The third-order valence-electron chi connectivity index (χ3n) is 7.31. The number of aromatic nitrogens is 2. The molecule has 0 spiro atoms. The lowest BCUT2D eigenvalue weighted by molar-refractivity contribution is -0.113. The molecule has 0 aromatic carbocycles. The number of sulfone groups is 1. The molecular formula is C19H27N3O3S2. The van der Waals surface area contributed by atoms with Gasteiger partial charge in [0.05, 0.1) is 5.25 Å². The topological polar surface area (TPSA) is 89.0 Å². The third-order valence-corrected chi connectivity index (χ3v) is 10.5. The van der Waals surface area contributed by atoms with Crippen molar-refractivity contribution in [3.63, 3.8) is 0 Å². The lowest BCUT2D eigenvalue weighted by Crippen LogP contribution is -2.48. The van der Waals surface area contributed by atoms with Crippen molar-refractivity contribution >= 4 is 32.2 Å². The van der Waals surface area contributed by atoms with Crippen molar-refractivity contribution < 1.29 is 13.2 Å². The van der Waals surface area contributed by atoms with Crippen LogP contribution in [0.4, 0.5) is 5.13 Å². The highest BCUT2D eigenvalue weighted by Gasteiger charge is 2.53. The number of carbonyl (C=O) groups excluding carboxylic acids is 1. The molecule has 0 saturated heterocycles. The van der Waals surface area contributed by atoms with Crippen LogP contribution in [0.25, 0.3) is 0 Å². The second-order valence-electron chi connectivity index (χ2n) is 9.37. The zero-order chi connectivity index (χ0) is 18.6. The molecular weight excluding hydrogens is 382 g/mol. The normalized spacial score (nSPS) is 35.6. The molecule has 6 nitrogen and oxygen atoms in total. The lowest BCUT2D eigenvalue weighted by atomic mass is 9.50. The zero-order valence-corrected chi connectivity index (χ0v) is 17.2. The van der Waals surface area contributed by atoms with Crippen LogP contribution in [0.3, 0.4) is 0 Å². The second-order valence-corrected chi connectivity index (χ2v) is 12.6. The van der Waals surface area contributed by atoms with E-state index < -0.39 is 21.5 Å². The maximum atomic E-state index is 12.4. The summed E-state index contributed by atoms with van der Waals surface area (Å²) >= 11 is 1.46.